The van der Waals surface area contributed by atoms with Crippen LogP contribution in [0, 0.1) is 5.82 Å². The van der Waals surface area contributed by atoms with Gasteiger partial charge in [-0.3, -0.25) is 9.59 Å². The predicted octanol–water partition coefficient (Wildman–Crippen LogP) is 2.24. The van der Waals surface area contributed by atoms with Gasteiger partial charge in [-0.15, -0.1) is 0 Å². The Kier molecular flexibility index (Phi) is 3.55. The third-order valence-corrected chi connectivity index (χ3v) is 1.92. The summed E-state index contributed by atoms with van der Waals surface area (Å²) >= 11 is 0. The number of aldehydes is 1. The predicted molar refractivity (Wildman–Crippen MR) is 53.0 cm³/mol. The Balaban J connectivity index is 3.31. The standard InChI is InChI=1S/C11H11FO3/c1-3-15-11-5-8(7(2)14)4-10(12)9(11)6-13/h4-6H,3H2,1-2H3. The lowest BCUT2D eigenvalue weighted by atomic mass is 10.1. The monoisotopic (exact) mass is 210 g/mol. The second-order valence-corrected chi connectivity index (χ2v) is 2.98. The van der Waals surface area contributed by atoms with Crippen LogP contribution in [-0.2, 0) is 0 Å². The third kappa shape index (κ3) is 2.40. The Morgan fingerprint density at radius 1 is 1.53 bits per heavy atom. The van der Waals surface area contributed by atoms with E-state index in [4.69, 9.17) is 4.74 Å². The lowest BCUT2D eigenvalue weighted by Gasteiger charge is -2.08. The molecule has 15 heavy (non-hydrogen) atoms. The summed E-state index contributed by atoms with van der Waals surface area (Å²) in [5, 5.41) is 0. The molecule has 80 valence electrons. The summed E-state index contributed by atoms with van der Waals surface area (Å²) in [4.78, 5) is 21.6. The number of hydrogen-bond acceptors (Lipinski definition) is 3. The van der Waals surface area contributed by atoms with E-state index in [2.05, 4.69) is 0 Å². The molecule has 0 bridgehead atoms. The van der Waals surface area contributed by atoms with E-state index in [0.717, 1.165) is 6.07 Å². The Morgan fingerprint density at radius 3 is 2.67 bits per heavy atom. The van der Waals surface area contributed by atoms with Gasteiger partial charge in [0.1, 0.15) is 11.6 Å². The minimum atomic E-state index is -0.735. The van der Waals surface area contributed by atoms with Gasteiger partial charge in [0.05, 0.1) is 12.2 Å². The van der Waals surface area contributed by atoms with E-state index in [1.807, 2.05) is 0 Å². The van der Waals surface area contributed by atoms with Crippen molar-refractivity contribution in [3.63, 3.8) is 0 Å². The van der Waals surface area contributed by atoms with Crippen molar-refractivity contribution >= 4 is 12.1 Å². The van der Waals surface area contributed by atoms with E-state index in [1.54, 1.807) is 6.92 Å². The topological polar surface area (TPSA) is 43.4 Å². The molecular weight excluding hydrogens is 199 g/mol. The van der Waals surface area contributed by atoms with Gasteiger partial charge >= 0.3 is 0 Å². The molecule has 0 aliphatic heterocycles. The average molecular weight is 210 g/mol. The van der Waals surface area contributed by atoms with Crippen LogP contribution in [0.1, 0.15) is 34.6 Å². The largest absolute Gasteiger partial charge is 0.493 e. The summed E-state index contributed by atoms with van der Waals surface area (Å²) in [6.07, 6.45) is 0.379. The van der Waals surface area contributed by atoms with Gasteiger partial charge in [-0.1, -0.05) is 0 Å². The molecule has 0 aliphatic rings. The highest BCUT2D eigenvalue weighted by Crippen LogP contribution is 2.22. The van der Waals surface area contributed by atoms with Crippen molar-refractivity contribution in [3.05, 3.63) is 29.1 Å². The highest BCUT2D eigenvalue weighted by molar-refractivity contribution is 5.95. The van der Waals surface area contributed by atoms with Crippen molar-refractivity contribution in [2.45, 2.75) is 13.8 Å². The van der Waals surface area contributed by atoms with E-state index in [-0.39, 0.29) is 22.7 Å². The molecule has 0 saturated carbocycles. The molecule has 0 amide bonds. The van der Waals surface area contributed by atoms with Gasteiger partial charge in [-0.05, 0) is 26.0 Å². The van der Waals surface area contributed by atoms with Gasteiger partial charge in [0.25, 0.3) is 0 Å². The number of benzene rings is 1. The smallest absolute Gasteiger partial charge is 0.160 e. The maximum absolute atomic E-state index is 13.3. The fraction of sp³-hybridized carbons (Fsp3) is 0.273. The van der Waals surface area contributed by atoms with E-state index < -0.39 is 5.82 Å². The Hall–Kier alpha value is -1.71. The molecule has 0 aliphatic carbocycles. The summed E-state index contributed by atoms with van der Waals surface area (Å²) in [5.41, 5.74) is 0.0448. The highest BCUT2D eigenvalue weighted by Gasteiger charge is 2.13. The maximum Gasteiger partial charge on any atom is 0.160 e. The molecule has 0 atom stereocenters. The molecule has 1 aromatic rings. The number of Topliss-reactive ketones (excluding diaryl/α,β-unsaturated/α-hetero) is 1. The Bertz CT molecular complexity index is 399. The van der Waals surface area contributed by atoms with Gasteiger partial charge in [0.2, 0.25) is 0 Å². The Labute approximate surface area is 86.9 Å². The number of carbonyl (C=O) groups is 2. The molecule has 0 unspecified atom stereocenters. The number of ether oxygens (including phenoxy) is 1. The number of halogens is 1. The lowest BCUT2D eigenvalue weighted by Crippen LogP contribution is -2.02. The zero-order chi connectivity index (χ0) is 11.4. The maximum atomic E-state index is 13.3. The van der Waals surface area contributed by atoms with Gasteiger partial charge in [0.15, 0.2) is 12.1 Å². The minimum Gasteiger partial charge on any atom is -0.493 e. The molecule has 4 heteroatoms. The van der Waals surface area contributed by atoms with Crippen molar-refractivity contribution in [1.82, 2.24) is 0 Å². The van der Waals surface area contributed by atoms with Crippen LogP contribution in [0.4, 0.5) is 4.39 Å². The molecule has 1 aromatic carbocycles. The summed E-state index contributed by atoms with van der Waals surface area (Å²) in [5.74, 6) is -0.897. The van der Waals surface area contributed by atoms with Gasteiger partial charge < -0.3 is 4.74 Å². The molecule has 0 spiro atoms. The van der Waals surface area contributed by atoms with E-state index in [9.17, 15) is 14.0 Å². The van der Waals surface area contributed by atoms with Crippen molar-refractivity contribution in [1.29, 1.82) is 0 Å². The molecule has 0 aromatic heterocycles. The zero-order valence-electron chi connectivity index (χ0n) is 8.54. The molecular formula is C11H11FO3. The first kappa shape index (κ1) is 11.4. The first-order valence-corrected chi connectivity index (χ1v) is 4.52. The van der Waals surface area contributed by atoms with Crippen molar-refractivity contribution in [2.75, 3.05) is 6.61 Å². The molecule has 0 heterocycles. The first-order chi connectivity index (χ1) is 7.10. The SMILES string of the molecule is CCOc1cc(C(C)=O)cc(F)c1C=O. The van der Waals surface area contributed by atoms with Gasteiger partial charge in [0, 0.05) is 5.56 Å². The van der Waals surface area contributed by atoms with Crippen molar-refractivity contribution in [2.24, 2.45) is 0 Å². The van der Waals surface area contributed by atoms with Crippen LogP contribution in [0.3, 0.4) is 0 Å². The summed E-state index contributed by atoms with van der Waals surface area (Å²) in [7, 11) is 0. The van der Waals surface area contributed by atoms with E-state index in [1.165, 1.54) is 13.0 Å². The number of rotatable bonds is 4. The summed E-state index contributed by atoms with van der Waals surface area (Å²) in [6.45, 7) is 3.35. The normalized spacial score (nSPS) is 9.80. The summed E-state index contributed by atoms with van der Waals surface area (Å²) < 4.78 is 18.4. The highest BCUT2D eigenvalue weighted by atomic mass is 19.1. The van der Waals surface area contributed by atoms with Crippen LogP contribution >= 0.6 is 0 Å². The number of hydrogen-bond donors (Lipinski definition) is 0. The van der Waals surface area contributed by atoms with Crippen molar-refractivity contribution in [3.8, 4) is 5.75 Å². The van der Waals surface area contributed by atoms with Crippen molar-refractivity contribution < 1.29 is 18.7 Å². The number of carbonyl (C=O) groups excluding carboxylic acids is 2. The van der Waals surface area contributed by atoms with E-state index >= 15 is 0 Å². The fourth-order valence-corrected chi connectivity index (χ4v) is 1.19. The van der Waals surface area contributed by atoms with Crippen LogP contribution in [0.2, 0.25) is 0 Å². The minimum absolute atomic E-state index is 0.109. The molecule has 1 rings (SSSR count). The number of ketones is 1. The van der Waals surface area contributed by atoms with Gasteiger partial charge in [-0.2, -0.15) is 0 Å². The van der Waals surface area contributed by atoms with Gasteiger partial charge in [-0.25, -0.2) is 4.39 Å². The fourth-order valence-electron chi connectivity index (χ4n) is 1.19. The zero-order valence-corrected chi connectivity index (χ0v) is 8.54. The average Bonchev–Trinajstić information content (AvgIpc) is 2.17. The second kappa shape index (κ2) is 4.68. The van der Waals surface area contributed by atoms with Crippen LogP contribution in [-0.4, -0.2) is 18.7 Å². The van der Waals surface area contributed by atoms with Crippen LogP contribution in [0.25, 0.3) is 0 Å². The quantitative estimate of drug-likeness (QED) is 0.565. The third-order valence-electron chi connectivity index (χ3n) is 1.92. The molecule has 0 fully saturated rings. The van der Waals surface area contributed by atoms with Crippen LogP contribution in [0.5, 0.6) is 5.75 Å². The lowest BCUT2D eigenvalue weighted by molar-refractivity contribution is 0.101. The molecule has 0 radical (unpaired) electrons. The Morgan fingerprint density at radius 2 is 2.20 bits per heavy atom. The molecule has 0 saturated heterocycles. The van der Waals surface area contributed by atoms with E-state index in [0.29, 0.717) is 12.9 Å². The van der Waals surface area contributed by atoms with Crippen LogP contribution < -0.4 is 4.74 Å². The first-order valence-electron chi connectivity index (χ1n) is 4.52. The molecule has 0 N–H and O–H groups in total. The summed E-state index contributed by atoms with van der Waals surface area (Å²) in [6, 6.07) is 2.41. The van der Waals surface area contributed by atoms with Crippen LogP contribution in [0.15, 0.2) is 12.1 Å². The second-order valence-electron chi connectivity index (χ2n) is 2.98. The molecule has 3 nitrogen and oxygen atoms in total.